The van der Waals surface area contributed by atoms with Crippen molar-refractivity contribution in [3.63, 3.8) is 0 Å². The molecule has 0 saturated carbocycles. The summed E-state index contributed by atoms with van der Waals surface area (Å²) in [4.78, 5) is 17.6. The Morgan fingerprint density at radius 2 is 1.79 bits per heavy atom. The number of aryl methyl sites for hydroxylation is 2. The Labute approximate surface area is 166 Å². The smallest absolute Gasteiger partial charge is 0.292 e. The van der Waals surface area contributed by atoms with Gasteiger partial charge in [0.25, 0.3) is 5.91 Å². The monoisotopic (exact) mass is 382 g/mol. The van der Waals surface area contributed by atoms with Gasteiger partial charge in [-0.25, -0.2) is 4.98 Å². The highest BCUT2D eigenvalue weighted by Gasteiger charge is 2.20. The van der Waals surface area contributed by atoms with Gasteiger partial charge in [-0.1, -0.05) is 36.4 Å². The molecule has 0 aliphatic carbocycles. The highest BCUT2D eigenvalue weighted by Crippen LogP contribution is 2.26. The van der Waals surface area contributed by atoms with Crippen LogP contribution in [0, 0.1) is 13.8 Å². The third-order valence-electron chi connectivity index (χ3n) is 4.92. The predicted octanol–water partition coefficient (Wildman–Crippen LogP) is 5.04. The molecule has 5 rings (SSSR count). The maximum absolute atomic E-state index is 12.9. The van der Waals surface area contributed by atoms with Crippen LogP contribution in [0.25, 0.3) is 27.7 Å². The molecular weight excluding hydrogens is 364 g/mol. The number of aromatic nitrogens is 3. The van der Waals surface area contributed by atoms with Crippen molar-refractivity contribution in [1.82, 2.24) is 14.8 Å². The molecule has 0 saturated heterocycles. The number of carbonyl (C=O) groups excluding carboxylic acids is 1. The normalized spacial score (nSPS) is 11.2. The number of hydrogen-bond donors (Lipinski definition) is 1. The highest BCUT2D eigenvalue weighted by atomic mass is 16.3. The van der Waals surface area contributed by atoms with Crippen molar-refractivity contribution in [3.8, 4) is 5.82 Å². The molecule has 29 heavy (non-hydrogen) atoms. The number of nitrogens with zero attached hydrogens (tertiary/aromatic N) is 3. The van der Waals surface area contributed by atoms with Crippen molar-refractivity contribution in [2.75, 3.05) is 5.32 Å². The van der Waals surface area contributed by atoms with E-state index in [1.54, 1.807) is 4.68 Å². The minimum Gasteiger partial charge on any atom is -0.451 e. The fraction of sp³-hybridized carbons (Fsp3) is 0.0870. The molecule has 0 bridgehead atoms. The Kier molecular flexibility index (Phi) is 3.91. The van der Waals surface area contributed by atoms with Crippen LogP contribution in [0.15, 0.2) is 71.1 Å². The molecule has 0 unspecified atom stereocenters. The summed E-state index contributed by atoms with van der Waals surface area (Å²) in [6, 6.07) is 21.2. The number of para-hydroxylation sites is 2. The summed E-state index contributed by atoms with van der Waals surface area (Å²) in [6.07, 6.45) is 0. The van der Waals surface area contributed by atoms with E-state index in [1.165, 1.54) is 0 Å². The van der Waals surface area contributed by atoms with Crippen LogP contribution in [-0.2, 0) is 0 Å². The fourth-order valence-electron chi connectivity index (χ4n) is 3.50. The number of pyridine rings is 1. The Morgan fingerprint density at radius 3 is 2.66 bits per heavy atom. The lowest BCUT2D eigenvalue weighted by Gasteiger charge is -2.08. The van der Waals surface area contributed by atoms with Gasteiger partial charge < -0.3 is 9.73 Å². The van der Waals surface area contributed by atoms with Crippen LogP contribution < -0.4 is 5.32 Å². The molecule has 5 aromatic rings. The van der Waals surface area contributed by atoms with Gasteiger partial charge in [0.05, 0.1) is 11.2 Å². The van der Waals surface area contributed by atoms with E-state index in [4.69, 9.17) is 4.42 Å². The summed E-state index contributed by atoms with van der Waals surface area (Å²) >= 11 is 0. The summed E-state index contributed by atoms with van der Waals surface area (Å²) in [6.45, 7) is 3.76. The maximum atomic E-state index is 12.9. The van der Waals surface area contributed by atoms with Gasteiger partial charge in [-0.05, 0) is 38.1 Å². The number of hydrogen-bond acceptors (Lipinski definition) is 4. The van der Waals surface area contributed by atoms with E-state index in [9.17, 15) is 4.79 Å². The predicted molar refractivity (Wildman–Crippen MR) is 113 cm³/mol. The maximum Gasteiger partial charge on any atom is 0.292 e. The zero-order chi connectivity index (χ0) is 20.0. The van der Waals surface area contributed by atoms with Crippen LogP contribution >= 0.6 is 0 Å². The SMILES string of the molecule is Cc1cc(NC(=O)c2oc3ccccc3c2C)n(-c2ccc3ccccc3n2)n1. The third-order valence-corrected chi connectivity index (χ3v) is 4.92. The second-order valence-corrected chi connectivity index (χ2v) is 6.95. The largest absolute Gasteiger partial charge is 0.451 e. The highest BCUT2D eigenvalue weighted by molar-refractivity contribution is 6.06. The van der Waals surface area contributed by atoms with Crippen LogP contribution in [0.3, 0.4) is 0 Å². The van der Waals surface area contributed by atoms with Crippen LogP contribution in [0.2, 0.25) is 0 Å². The van der Waals surface area contributed by atoms with Gasteiger partial charge in [-0.2, -0.15) is 9.78 Å². The van der Waals surface area contributed by atoms with Crippen molar-refractivity contribution in [2.45, 2.75) is 13.8 Å². The van der Waals surface area contributed by atoms with Crippen LogP contribution in [0.1, 0.15) is 21.8 Å². The van der Waals surface area contributed by atoms with Crippen molar-refractivity contribution >= 4 is 33.6 Å². The molecule has 6 nitrogen and oxygen atoms in total. The van der Waals surface area contributed by atoms with Crippen molar-refractivity contribution in [1.29, 1.82) is 0 Å². The molecule has 3 aromatic heterocycles. The number of carbonyl (C=O) groups is 1. The number of amides is 1. The van der Waals surface area contributed by atoms with E-state index >= 15 is 0 Å². The third kappa shape index (κ3) is 2.95. The van der Waals surface area contributed by atoms with Crippen molar-refractivity contribution < 1.29 is 9.21 Å². The molecule has 6 heteroatoms. The molecule has 0 fully saturated rings. The Bertz CT molecular complexity index is 1380. The Balaban J connectivity index is 1.53. The van der Waals surface area contributed by atoms with Gasteiger partial charge in [0.1, 0.15) is 11.4 Å². The quantitative estimate of drug-likeness (QED) is 0.475. The zero-order valence-electron chi connectivity index (χ0n) is 16.0. The molecule has 0 radical (unpaired) electrons. The van der Waals surface area contributed by atoms with E-state index in [2.05, 4.69) is 15.4 Å². The number of benzene rings is 2. The number of anilines is 1. The molecule has 1 amide bonds. The van der Waals surface area contributed by atoms with Gasteiger partial charge >= 0.3 is 0 Å². The van der Waals surface area contributed by atoms with E-state index in [0.717, 1.165) is 27.5 Å². The molecular formula is C23H18N4O2. The minimum atomic E-state index is -0.319. The van der Waals surface area contributed by atoms with Crippen molar-refractivity contribution in [2.24, 2.45) is 0 Å². The van der Waals surface area contributed by atoms with Crippen molar-refractivity contribution in [3.05, 3.63) is 83.7 Å². The molecule has 3 heterocycles. The molecule has 0 atom stereocenters. The van der Waals surface area contributed by atoms with E-state index in [-0.39, 0.29) is 5.91 Å². The lowest BCUT2D eigenvalue weighted by Crippen LogP contribution is -2.15. The molecule has 0 aliphatic rings. The average Bonchev–Trinajstić information content (AvgIpc) is 3.27. The Morgan fingerprint density at radius 1 is 1.00 bits per heavy atom. The number of furan rings is 1. The first-order valence-electron chi connectivity index (χ1n) is 9.32. The van der Waals surface area contributed by atoms with Crippen LogP contribution in [-0.4, -0.2) is 20.7 Å². The number of rotatable bonds is 3. The molecule has 1 N–H and O–H groups in total. The lowest BCUT2D eigenvalue weighted by molar-refractivity contribution is 0.0997. The first-order chi connectivity index (χ1) is 14.1. The number of fused-ring (bicyclic) bond motifs is 2. The summed E-state index contributed by atoms with van der Waals surface area (Å²) in [5.74, 6) is 1.15. The first-order valence-corrected chi connectivity index (χ1v) is 9.32. The molecule has 142 valence electrons. The lowest BCUT2D eigenvalue weighted by atomic mass is 10.1. The Hall–Kier alpha value is -3.93. The van der Waals surface area contributed by atoms with E-state index in [0.29, 0.717) is 23.0 Å². The topological polar surface area (TPSA) is 73.0 Å². The average molecular weight is 382 g/mol. The molecule has 2 aromatic carbocycles. The summed E-state index contributed by atoms with van der Waals surface area (Å²) in [5.41, 5.74) is 3.14. The first kappa shape index (κ1) is 17.2. The van der Waals surface area contributed by atoms with Gasteiger partial charge in [0.15, 0.2) is 11.6 Å². The van der Waals surface area contributed by atoms with Crippen LogP contribution in [0.4, 0.5) is 5.82 Å². The second-order valence-electron chi connectivity index (χ2n) is 6.95. The molecule has 0 aliphatic heterocycles. The fourth-order valence-corrected chi connectivity index (χ4v) is 3.50. The van der Waals surface area contributed by atoms with E-state index in [1.807, 2.05) is 80.6 Å². The van der Waals surface area contributed by atoms with Gasteiger partial charge in [0, 0.05) is 22.4 Å². The second kappa shape index (κ2) is 6.60. The van der Waals surface area contributed by atoms with Gasteiger partial charge in [-0.3, -0.25) is 4.79 Å². The minimum absolute atomic E-state index is 0.295. The summed E-state index contributed by atoms with van der Waals surface area (Å²) in [7, 11) is 0. The van der Waals surface area contributed by atoms with E-state index < -0.39 is 0 Å². The van der Waals surface area contributed by atoms with Crippen LogP contribution in [0.5, 0.6) is 0 Å². The molecule has 0 spiro atoms. The summed E-state index contributed by atoms with van der Waals surface area (Å²) < 4.78 is 7.42. The summed E-state index contributed by atoms with van der Waals surface area (Å²) in [5, 5.41) is 9.41. The van der Waals surface area contributed by atoms with Gasteiger partial charge in [-0.15, -0.1) is 0 Å². The number of nitrogens with one attached hydrogen (secondary N) is 1. The van der Waals surface area contributed by atoms with Gasteiger partial charge in [0.2, 0.25) is 0 Å². The zero-order valence-corrected chi connectivity index (χ0v) is 16.0. The standard InChI is InChI=1S/C23H18N4O2/c1-14-13-21(25-23(28)22-15(2)17-8-4-6-10-19(17)29-22)27(26-14)20-12-11-16-7-3-5-9-18(16)24-20/h3-13H,1-2H3,(H,25,28).